The van der Waals surface area contributed by atoms with Gasteiger partial charge in [0.2, 0.25) is 5.91 Å². The smallest absolute Gasteiger partial charge is 0.340 e. The highest BCUT2D eigenvalue weighted by Crippen LogP contribution is 2.23. The molecule has 3 heterocycles. The first-order valence-corrected chi connectivity index (χ1v) is 11.6. The summed E-state index contributed by atoms with van der Waals surface area (Å²) in [7, 11) is 0. The highest BCUT2D eigenvalue weighted by Gasteiger charge is 2.31. The summed E-state index contributed by atoms with van der Waals surface area (Å²) in [4.78, 5) is 45.3. The molecule has 31 heavy (non-hydrogen) atoms. The SMILES string of the molecule is CCOC(=O)c1c(C)[nH]c(C(=O)N2CCCC(C(=O)NCCCN3CCCC3)C2)c1C. The topological polar surface area (TPSA) is 94.7 Å². The van der Waals surface area contributed by atoms with Gasteiger partial charge in [0, 0.05) is 25.3 Å². The van der Waals surface area contributed by atoms with E-state index in [2.05, 4.69) is 15.2 Å². The zero-order chi connectivity index (χ0) is 22.4. The molecule has 0 radical (unpaired) electrons. The fraction of sp³-hybridized carbons (Fsp3) is 0.696. The van der Waals surface area contributed by atoms with Crippen molar-refractivity contribution in [2.75, 3.05) is 45.9 Å². The first kappa shape index (κ1) is 23.3. The van der Waals surface area contributed by atoms with E-state index >= 15 is 0 Å². The number of hydrogen-bond acceptors (Lipinski definition) is 5. The molecule has 2 fully saturated rings. The maximum absolute atomic E-state index is 13.1. The number of H-pyrrole nitrogens is 1. The van der Waals surface area contributed by atoms with Crippen molar-refractivity contribution in [3.05, 3.63) is 22.5 Å². The third-order valence-electron chi connectivity index (χ3n) is 6.36. The first-order valence-electron chi connectivity index (χ1n) is 11.6. The van der Waals surface area contributed by atoms with Gasteiger partial charge in [0.15, 0.2) is 0 Å². The number of aryl methyl sites for hydroxylation is 1. The van der Waals surface area contributed by atoms with E-state index in [9.17, 15) is 14.4 Å². The van der Waals surface area contributed by atoms with E-state index in [0.717, 1.165) is 25.8 Å². The molecule has 1 aromatic rings. The molecule has 1 unspecified atom stereocenters. The van der Waals surface area contributed by atoms with Gasteiger partial charge in [0.1, 0.15) is 5.69 Å². The van der Waals surface area contributed by atoms with Crippen LogP contribution in [0, 0.1) is 19.8 Å². The number of esters is 1. The highest BCUT2D eigenvalue weighted by atomic mass is 16.5. The Morgan fingerprint density at radius 2 is 1.87 bits per heavy atom. The number of nitrogens with one attached hydrogen (secondary N) is 2. The molecule has 0 bridgehead atoms. The third kappa shape index (κ3) is 5.67. The van der Waals surface area contributed by atoms with E-state index in [1.165, 1.54) is 25.9 Å². The molecule has 2 saturated heterocycles. The Balaban J connectivity index is 1.54. The second-order valence-electron chi connectivity index (χ2n) is 8.63. The largest absolute Gasteiger partial charge is 0.462 e. The minimum Gasteiger partial charge on any atom is -0.462 e. The second-order valence-corrected chi connectivity index (χ2v) is 8.63. The minimum atomic E-state index is -0.419. The number of ether oxygens (including phenoxy) is 1. The van der Waals surface area contributed by atoms with Crippen LogP contribution in [0.1, 0.15) is 71.1 Å². The quantitative estimate of drug-likeness (QED) is 0.485. The number of carbonyl (C=O) groups excluding carboxylic acids is 3. The summed E-state index contributed by atoms with van der Waals surface area (Å²) in [5.41, 5.74) is 2.07. The van der Waals surface area contributed by atoms with Crippen LogP contribution < -0.4 is 5.32 Å². The molecule has 0 spiro atoms. The average Bonchev–Trinajstić information content (AvgIpc) is 3.38. The molecule has 8 heteroatoms. The molecule has 3 rings (SSSR count). The maximum Gasteiger partial charge on any atom is 0.340 e. The van der Waals surface area contributed by atoms with Crippen LogP contribution in [0.15, 0.2) is 0 Å². The summed E-state index contributed by atoms with van der Waals surface area (Å²) in [6.07, 6.45) is 5.09. The van der Waals surface area contributed by atoms with E-state index in [0.29, 0.717) is 42.1 Å². The van der Waals surface area contributed by atoms with Crippen LogP contribution in [0.25, 0.3) is 0 Å². The molecule has 172 valence electrons. The zero-order valence-electron chi connectivity index (χ0n) is 19.1. The van der Waals surface area contributed by atoms with E-state index < -0.39 is 5.97 Å². The molecule has 2 N–H and O–H groups in total. The Bertz CT molecular complexity index is 798. The molecule has 2 aliphatic heterocycles. The van der Waals surface area contributed by atoms with Crippen molar-refractivity contribution in [3.63, 3.8) is 0 Å². The lowest BCUT2D eigenvalue weighted by Gasteiger charge is -2.32. The number of hydrogen-bond donors (Lipinski definition) is 2. The number of carbonyl (C=O) groups is 3. The van der Waals surface area contributed by atoms with Crippen molar-refractivity contribution >= 4 is 17.8 Å². The fourth-order valence-electron chi connectivity index (χ4n) is 4.67. The number of likely N-dealkylation sites (tertiary alicyclic amines) is 2. The van der Waals surface area contributed by atoms with Gasteiger partial charge in [0.25, 0.3) is 5.91 Å². The van der Waals surface area contributed by atoms with Crippen LogP contribution in [0.4, 0.5) is 0 Å². The number of rotatable bonds is 8. The maximum atomic E-state index is 13.1. The molecule has 8 nitrogen and oxygen atoms in total. The molecule has 2 aliphatic rings. The van der Waals surface area contributed by atoms with E-state index in [4.69, 9.17) is 4.74 Å². The van der Waals surface area contributed by atoms with E-state index in [1.54, 1.807) is 25.7 Å². The lowest BCUT2D eigenvalue weighted by molar-refractivity contribution is -0.126. The molecule has 0 aromatic carbocycles. The lowest BCUT2D eigenvalue weighted by atomic mass is 9.96. The summed E-state index contributed by atoms with van der Waals surface area (Å²) >= 11 is 0. The monoisotopic (exact) mass is 432 g/mol. The van der Waals surface area contributed by atoms with Crippen molar-refractivity contribution in [2.24, 2.45) is 5.92 Å². The second kappa shape index (κ2) is 10.8. The van der Waals surface area contributed by atoms with E-state index in [-0.39, 0.29) is 24.3 Å². The van der Waals surface area contributed by atoms with Gasteiger partial charge in [-0.2, -0.15) is 0 Å². The molecule has 0 aliphatic carbocycles. The Morgan fingerprint density at radius 1 is 1.13 bits per heavy atom. The summed E-state index contributed by atoms with van der Waals surface area (Å²) in [6.45, 7) is 10.6. The van der Waals surface area contributed by atoms with Gasteiger partial charge in [-0.1, -0.05) is 0 Å². The van der Waals surface area contributed by atoms with E-state index in [1.807, 2.05) is 0 Å². The van der Waals surface area contributed by atoms with Gasteiger partial charge < -0.3 is 24.8 Å². The van der Waals surface area contributed by atoms with Crippen molar-refractivity contribution in [1.82, 2.24) is 20.1 Å². The zero-order valence-corrected chi connectivity index (χ0v) is 19.1. The standard InChI is InChI=1S/C23H36N4O4/c1-4-31-23(30)19-16(2)20(25-17(19)3)22(29)27-14-7-9-18(15-27)21(28)24-10-8-13-26-11-5-6-12-26/h18,25H,4-15H2,1-3H3,(H,24,28). The predicted octanol–water partition coefficient (Wildman–Crippen LogP) is 2.26. The van der Waals surface area contributed by atoms with Crippen LogP contribution in [0.2, 0.25) is 0 Å². The number of aromatic nitrogens is 1. The number of aromatic amines is 1. The average molecular weight is 433 g/mol. The highest BCUT2D eigenvalue weighted by molar-refractivity contribution is 6.00. The van der Waals surface area contributed by atoms with Gasteiger partial charge in [-0.25, -0.2) is 4.79 Å². The molecule has 2 amide bonds. The lowest BCUT2D eigenvalue weighted by Crippen LogP contribution is -2.46. The minimum absolute atomic E-state index is 0.0329. The number of nitrogens with zero attached hydrogens (tertiary/aromatic N) is 2. The van der Waals surface area contributed by atoms with Crippen molar-refractivity contribution in [2.45, 2.75) is 52.9 Å². The van der Waals surface area contributed by atoms with Crippen LogP contribution >= 0.6 is 0 Å². The van der Waals surface area contributed by atoms with Gasteiger partial charge >= 0.3 is 5.97 Å². The van der Waals surface area contributed by atoms with Crippen molar-refractivity contribution in [3.8, 4) is 0 Å². The molecule has 0 saturated carbocycles. The van der Waals surface area contributed by atoms with Gasteiger partial charge in [-0.15, -0.1) is 0 Å². The van der Waals surface area contributed by atoms with Crippen LogP contribution in [0.3, 0.4) is 0 Å². The van der Waals surface area contributed by atoms with Crippen LogP contribution in [-0.2, 0) is 9.53 Å². The normalized spacial score (nSPS) is 19.5. The van der Waals surface area contributed by atoms with Crippen LogP contribution in [0.5, 0.6) is 0 Å². The number of piperidine rings is 1. The summed E-state index contributed by atoms with van der Waals surface area (Å²) in [5.74, 6) is -0.740. The Morgan fingerprint density at radius 3 is 2.58 bits per heavy atom. The van der Waals surface area contributed by atoms with Crippen molar-refractivity contribution in [1.29, 1.82) is 0 Å². The Labute approximate surface area is 184 Å². The molecular weight excluding hydrogens is 396 g/mol. The summed E-state index contributed by atoms with van der Waals surface area (Å²) in [5, 5.41) is 3.06. The van der Waals surface area contributed by atoms with Crippen LogP contribution in [-0.4, -0.2) is 78.4 Å². The fourth-order valence-corrected chi connectivity index (χ4v) is 4.67. The van der Waals surface area contributed by atoms with Gasteiger partial charge in [0.05, 0.1) is 18.1 Å². The summed E-state index contributed by atoms with van der Waals surface area (Å²) < 4.78 is 5.12. The Kier molecular flexibility index (Phi) is 8.12. The summed E-state index contributed by atoms with van der Waals surface area (Å²) in [6, 6.07) is 0. The number of amides is 2. The Hall–Kier alpha value is -2.35. The first-order chi connectivity index (χ1) is 14.9. The molecular formula is C23H36N4O4. The predicted molar refractivity (Wildman–Crippen MR) is 118 cm³/mol. The molecule has 1 aromatic heterocycles. The molecule has 1 atom stereocenters. The van der Waals surface area contributed by atoms with Gasteiger partial charge in [-0.05, 0) is 78.1 Å². The van der Waals surface area contributed by atoms with Crippen molar-refractivity contribution < 1.29 is 19.1 Å². The third-order valence-corrected chi connectivity index (χ3v) is 6.36. The van der Waals surface area contributed by atoms with Gasteiger partial charge in [-0.3, -0.25) is 9.59 Å².